The van der Waals surface area contributed by atoms with Crippen LogP contribution in [0.3, 0.4) is 0 Å². The van der Waals surface area contributed by atoms with E-state index < -0.39 is 0 Å². The fourth-order valence-electron chi connectivity index (χ4n) is 6.99. The van der Waals surface area contributed by atoms with Crippen LogP contribution in [0.15, 0.2) is 29.8 Å². The van der Waals surface area contributed by atoms with Crippen molar-refractivity contribution in [1.82, 2.24) is 14.8 Å². The van der Waals surface area contributed by atoms with Crippen molar-refractivity contribution in [3.63, 3.8) is 0 Å². The van der Waals surface area contributed by atoms with Crippen LogP contribution in [0.2, 0.25) is 0 Å². The number of hydrogen-bond donors (Lipinski definition) is 1. The van der Waals surface area contributed by atoms with E-state index in [2.05, 4.69) is 20.9 Å². The summed E-state index contributed by atoms with van der Waals surface area (Å²) in [5.74, 6) is 2.80. The van der Waals surface area contributed by atoms with Crippen molar-refractivity contribution in [1.29, 1.82) is 0 Å². The number of methoxy groups -OCH3 is 2. The lowest BCUT2D eigenvalue weighted by atomic mass is 9.68. The van der Waals surface area contributed by atoms with E-state index in [1.54, 1.807) is 14.2 Å². The molecule has 2 unspecified atom stereocenters. The van der Waals surface area contributed by atoms with E-state index in [0.29, 0.717) is 17.5 Å². The highest BCUT2D eigenvalue weighted by Crippen LogP contribution is 2.45. The first-order valence-corrected chi connectivity index (χ1v) is 12.2. The first-order valence-electron chi connectivity index (χ1n) is 12.2. The van der Waals surface area contributed by atoms with E-state index in [1.807, 2.05) is 18.2 Å². The van der Waals surface area contributed by atoms with Gasteiger partial charge in [0.25, 0.3) is 5.91 Å². The number of amides is 1. The summed E-state index contributed by atoms with van der Waals surface area (Å²) in [5, 5.41) is 0.889. The highest BCUT2D eigenvalue weighted by atomic mass is 16.5. The molecule has 3 aliphatic heterocycles. The minimum absolute atomic E-state index is 0.0973. The first kappa shape index (κ1) is 20.2. The number of aromatic amines is 1. The zero-order valence-corrected chi connectivity index (χ0v) is 19.1. The zero-order chi connectivity index (χ0) is 21.8. The van der Waals surface area contributed by atoms with Crippen molar-refractivity contribution >= 4 is 16.8 Å². The number of hydrogen-bond acceptors (Lipinski definition) is 4. The predicted octanol–water partition coefficient (Wildman–Crippen LogP) is 4.22. The van der Waals surface area contributed by atoms with Crippen LogP contribution >= 0.6 is 0 Å². The largest absolute Gasteiger partial charge is 0.496 e. The second-order valence-corrected chi connectivity index (χ2v) is 9.95. The van der Waals surface area contributed by atoms with Gasteiger partial charge in [-0.05, 0) is 68.7 Å². The maximum atomic E-state index is 13.8. The van der Waals surface area contributed by atoms with Gasteiger partial charge >= 0.3 is 0 Å². The molecule has 3 saturated heterocycles. The number of carbonyl (C=O) groups is 1. The average molecular weight is 436 g/mol. The SMILES string of the molecule is COc1ccc(OC)c2[nH]c(C(=O)N3CCCC4=C[C@@H]5C[C@@H](CN6CCCCC56)C43)cc12. The lowest BCUT2D eigenvalue weighted by Crippen LogP contribution is -2.60. The van der Waals surface area contributed by atoms with Crippen molar-refractivity contribution in [3.05, 3.63) is 35.5 Å². The average Bonchev–Trinajstić information content (AvgIpc) is 3.28. The molecule has 1 aromatic carbocycles. The van der Waals surface area contributed by atoms with E-state index in [0.717, 1.165) is 54.4 Å². The van der Waals surface area contributed by atoms with E-state index in [-0.39, 0.29) is 11.9 Å². The van der Waals surface area contributed by atoms with E-state index >= 15 is 0 Å². The molecular weight excluding hydrogens is 402 g/mol. The molecular formula is C26H33N3O3. The van der Waals surface area contributed by atoms with Crippen LogP contribution in [-0.2, 0) is 0 Å². The third kappa shape index (κ3) is 3.06. The molecule has 4 heterocycles. The summed E-state index contributed by atoms with van der Waals surface area (Å²) in [6.07, 6.45) is 10.0. The van der Waals surface area contributed by atoms with Gasteiger partial charge in [-0.1, -0.05) is 18.1 Å². The van der Waals surface area contributed by atoms with Crippen LogP contribution < -0.4 is 9.47 Å². The summed E-state index contributed by atoms with van der Waals surface area (Å²) in [4.78, 5) is 22.1. The highest BCUT2D eigenvalue weighted by molar-refractivity contribution is 6.01. The first-order chi connectivity index (χ1) is 15.7. The lowest BCUT2D eigenvalue weighted by Gasteiger charge is -2.54. The van der Waals surface area contributed by atoms with Crippen molar-refractivity contribution < 1.29 is 14.3 Å². The molecule has 4 aliphatic rings. The number of benzene rings is 1. The number of piperidine rings is 3. The molecule has 1 aliphatic carbocycles. The summed E-state index contributed by atoms with van der Waals surface area (Å²) >= 11 is 0. The molecule has 0 spiro atoms. The Bertz CT molecular complexity index is 1030. The maximum Gasteiger partial charge on any atom is 0.270 e. The molecule has 2 bridgehead atoms. The van der Waals surface area contributed by atoms with Crippen molar-refractivity contribution in [2.24, 2.45) is 11.8 Å². The van der Waals surface area contributed by atoms with Gasteiger partial charge < -0.3 is 19.4 Å². The number of ether oxygens (including phenoxy) is 2. The van der Waals surface area contributed by atoms with Crippen molar-refractivity contribution in [2.75, 3.05) is 33.9 Å². The Morgan fingerprint density at radius 2 is 1.94 bits per heavy atom. The number of nitrogens with zero attached hydrogens (tertiary/aromatic N) is 2. The minimum atomic E-state index is 0.0973. The van der Waals surface area contributed by atoms with Crippen molar-refractivity contribution in [3.8, 4) is 11.5 Å². The molecule has 170 valence electrons. The fraction of sp³-hybridized carbons (Fsp3) is 0.577. The normalized spacial score (nSPS) is 29.8. The molecule has 1 aromatic heterocycles. The molecule has 0 radical (unpaired) electrons. The summed E-state index contributed by atoms with van der Waals surface area (Å²) in [7, 11) is 3.31. The van der Waals surface area contributed by atoms with Crippen LogP contribution in [0.5, 0.6) is 11.5 Å². The highest BCUT2D eigenvalue weighted by Gasteiger charge is 2.47. The Hall–Kier alpha value is -2.47. The number of nitrogens with one attached hydrogen (secondary N) is 1. The molecule has 32 heavy (non-hydrogen) atoms. The Kier molecular flexibility index (Phi) is 4.94. The standard InChI is InChI=1S/C26H33N3O3/c1-31-22-8-9-23(32-2)24-19(22)14-20(27-24)26(30)29-11-5-6-16-12-17-13-18(25(16)29)15-28-10-4-3-7-21(17)28/h8-9,12,14,17-18,21,25,27H,3-7,10-11,13,15H2,1-2H3/t17-,18+,21?,25?/m1/s1. The van der Waals surface area contributed by atoms with Crippen LogP contribution in [-0.4, -0.2) is 66.6 Å². The van der Waals surface area contributed by atoms with Gasteiger partial charge in [-0.2, -0.15) is 0 Å². The third-order valence-corrected chi connectivity index (χ3v) is 8.30. The monoisotopic (exact) mass is 435 g/mol. The van der Waals surface area contributed by atoms with Gasteiger partial charge in [0.15, 0.2) is 0 Å². The fourth-order valence-corrected chi connectivity index (χ4v) is 6.99. The summed E-state index contributed by atoms with van der Waals surface area (Å²) in [6, 6.07) is 6.68. The van der Waals surface area contributed by atoms with Crippen LogP contribution in [0.1, 0.15) is 49.0 Å². The van der Waals surface area contributed by atoms with E-state index in [1.165, 1.54) is 37.8 Å². The number of carbonyl (C=O) groups excluding carboxylic acids is 1. The lowest BCUT2D eigenvalue weighted by molar-refractivity contribution is 0.00134. The zero-order valence-electron chi connectivity index (χ0n) is 19.1. The molecule has 6 heteroatoms. The van der Waals surface area contributed by atoms with Gasteiger partial charge in [-0.25, -0.2) is 0 Å². The molecule has 1 amide bonds. The van der Waals surface area contributed by atoms with Gasteiger partial charge in [0.2, 0.25) is 0 Å². The number of aromatic nitrogens is 1. The second kappa shape index (κ2) is 7.84. The molecule has 1 N–H and O–H groups in total. The molecule has 4 atom stereocenters. The quantitative estimate of drug-likeness (QED) is 0.734. The van der Waals surface area contributed by atoms with Gasteiger partial charge in [0.1, 0.15) is 17.2 Å². The Balaban J connectivity index is 1.35. The number of rotatable bonds is 3. The smallest absolute Gasteiger partial charge is 0.270 e. The number of H-pyrrole nitrogens is 1. The Morgan fingerprint density at radius 1 is 1.09 bits per heavy atom. The molecule has 0 saturated carbocycles. The number of fused-ring (bicyclic) bond motifs is 7. The van der Waals surface area contributed by atoms with E-state index in [4.69, 9.17) is 9.47 Å². The summed E-state index contributed by atoms with van der Waals surface area (Å²) in [6.45, 7) is 3.19. The maximum absolute atomic E-state index is 13.8. The molecule has 2 aromatic rings. The van der Waals surface area contributed by atoms with Gasteiger partial charge in [0.05, 0.1) is 25.8 Å². The molecule has 6 nitrogen and oxygen atoms in total. The van der Waals surface area contributed by atoms with Gasteiger partial charge in [-0.15, -0.1) is 0 Å². The van der Waals surface area contributed by atoms with Gasteiger partial charge in [-0.3, -0.25) is 9.69 Å². The number of likely N-dealkylation sites (tertiary alicyclic amines) is 1. The Morgan fingerprint density at radius 3 is 2.78 bits per heavy atom. The van der Waals surface area contributed by atoms with Gasteiger partial charge in [0, 0.05) is 24.5 Å². The molecule has 3 fully saturated rings. The predicted molar refractivity (Wildman–Crippen MR) is 124 cm³/mol. The van der Waals surface area contributed by atoms with E-state index in [9.17, 15) is 4.79 Å². The van der Waals surface area contributed by atoms with Crippen LogP contribution in [0, 0.1) is 11.8 Å². The summed E-state index contributed by atoms with van der Waals surface area (Å²) in [5.41, 5.74) is 2.96. The third-order valence-electron chi connectivity index (χ3n) is 8.30. The van der Waals surface area contributed by atoms with Crippen molar-refractivity contribution in [2.45, 2.75) is 50.6 Å². The minimum Gasteiger partial charge on any atom is -0.496 e. The Labute approximate surface area is 189 Å². The van der Waals surface area contributed by atoms with Crippen LogP contribution in [0.25, 0.3) is 10.9 Å². The molecule has 6 rings (SSSR count). The van der Waals surface area contributed by atoms with Crippen LogP contribution in [0.4, 0.5) is 0 Å². The summed E-state index contributed by atoms with van der Waals surface area (Å²) < 4.78 is 11.1. The topological polar surface area (TPSA) is 57.8 Å². The second-order valence-electron chi connectivity index (χ2n) is 9.95.